The lowest BCUT2D eigenvalue weighted by Gasteiger charge is -2.33. The number of hydrogen-bond donors (Lipinski definition) is 1. The van der Waals surface area contributed by atoms with Gasteiger partial charge in [-0.2, -0.15) is 0 Å². The predicted molar refractivity (Wildman–Crippen MR) is 83.4 cm³/mol. The summed E-state index contributed by atoms with van der Waals surface area (Å²) in [5.74, 6) is 0.399. The molecule has 1 saturated carbocycles. The normalized spacial score (nSPS) is 17.7. The molecule has 3 heteroatoms. The van der Waals surface area contributed by atoms with Crippen LogP contribution in [0.15, 0.2) is 18.2 Å². The van der Waals surface area contributed by atoms with E-state index < -0.39 is 0 Å². The third kappa shape index (κ3) is 3.51. The molecule has 1 aromatic rings. The van der Waals surface area contributed by atoms with Crippen molar-refractivity contribution in [1.29, 1.82) is 0 Å². The largest absolute Gasteiger partial charge is 0.366 e. The molecule has 1 atom stereocenters. The predicted octanol–water partition coefficient (Wildman–Crippen LogP) is 4.25. The number of anilines is 1. The first-order valence-corrected chi connectivity index (χ1v) is 7.80. The minimum atomic E-state index is -0.132. The standard InChI is InChI=1S/C17H27FN2/c1-12(2)11-20(15-6-4-5-7-15)17-9-8-14(13(3)19)10-16(17)18/h8-10,12-13,15H,4-7,11,19H2,1-3H3/t13-/m1/s1. The van der Waals surface area contributed by atoms with Gasteiger partial charge >= 0.3 is 0 Å². The lowest BCUT2D eigenvalue weighted by molar-refractivity contribution is 0.520. The number of halogens is 1. The summed E-state index contributed by atoms with van der Waals surface area (Å²) in [6.45, 7) is 7.18. The van der Waals surface area contributed by atoms with Gasteiger partial charge in [-0.1, -0.05) is 32.8 Å². The highest BCUT2D eigenvalue weighted by Gasteiger charge is 2.25. The molecule has 2 nitrogen and oxygen atoms in total. The maximum Gasteiger partial charge on any atom is 0.146 e. The fourth-order valence-corrected chi connectivity index (χ4v) is 3.09. The molecule has 112 valence electrons. The van der Waals surface area contributed by atoms with E-state index in [0.717, 1.165) is 17.8 Å². The lowest BCUT2D eigenvalue weighted by atomic mass is 10.1. The number of hydrogen-bond acceptors (Lipinski definition) is 2. The van der Waals surface area contributed by atoms with E-state index in [1.54, 1.807) is 6.07 Å². The van der Waals surface area contributed by atoms with Crippen molar-refractivity contribution in [2.75, 3.05) is 11.4 Å². The molecule has 1 fully saturated rings. The molecule has 0 spiro atoms. The van der Waals surface area contributed by atoms with Crippen LogP contribution in [0.3, 0.4) is 0 Å². The smallest absolute Gasteiger partial charge is 0.146 e. The SMILES string of the molecule is CC(C)CN(c1ccc([C@@H](C)N)cc1F)C1CCCC1. The Balaban J connectivity index is 2.27. The molecule has 20 heavy (non-hydrogen) atoms. The Morgan fingerprint density at radius 1 is 1.25 bits per heavy atom. The molecule has 0 aromatic heterocycles. The summed E-state index contributed by atoms with van der Waals surface area (Å²) in [7, 11) is 0. The first-order chi connectivity index (χ1) is 9.49. The summed E-state index contributed by atoms with van der Waals surface area (Å²) in [5.41, 5.74) is 7.44. The second-order valence-corrected chi connectivity index (χ2v) is 6.48. The Morgan fingerprint density at radius 2 is 1.90 bits per heavy atom. The zero-order chi connectivity index (χ0) is 14.7. The van der Waals surface area contributed by atoms with Crippen LogP contribution in [0.4, 0.5) is 10.1 Å². The van der Waals surface area contributed by atoms with E-state index in [4.69, 9.17) is 5.73 Å². The molecule has 0 amide bonds. The van der Waals surface area contributed by atoms with E-state index in [-0.39, 0.29) is 11.9 Å². The minimum absolute atomic E-state index is 0.122. The average Bonchev–Trinajstić information content (AvgIpc) is 2.89. The van der Waals surface area contributed by atoms with Crippen molar-refractivity contribution in [1.82, 2.24) is 0 Å². The van der Waals surface area contributed by atoms with E-state index in [0.29, 0.717) is 12.0 Å². The van der Waals surface area contributed by atoms with E-state index in [1.165, 1.54) is 25.7 Å². The fourth-order valence-electron chi connectivity index (χ4n) is 3.09. The van der Waals surface area contributed by atoms with Crippen molar-refractivity contribution in [3.05, 3.63) is 29.6 Å². The first-order valence-electron chi connectivity index (χ1n) is 7.80. The van der Waals surface area contributed by atoms with Crippen LogP contribution in [0.2, 0.25) is 0 Å². The number of nitrogens with zero attached hydrogens (tertiary/aromatic N) is 1. The Bertz CT molecular complexity index is 437. The minimum Gasteiger partial charge on any atom is -0.366 e. The highest BCUT2D eigenvalue weighted by atomic mass is 19.1. The molecule has 0 bridgehead atoms. The Kier molecular flexibility index (Phi) is 5.03. The summed E-state index contributed by atoms with van der Waals surface area (Å²) in [6.07, 6.45) is 4.89. The number of benzene rings is 1. The Hall–Kier alpha value is -1.09. The molecule has 2 N–H and O–H groups in total. The summed E-state index contributed by atoms with van der Waals surface area (Å²) in [6, 6.07) is 5.85. The third-order valence-electron chi connectivity index (χ3n) is 4.13. The molecule has 0 radical (unpaired) electrons. The monoisotopic (exact) mass is 278 g/mol. The maximum atomic E-state index is 14.5. The molecule has 0 heterocycles. The first kappa shape index (κ1) is 15.3. The van der Waals surface area contributed by atoms with Crippen LogP contribution in [0.25, 0.3) is 0 Å². The Morgan fingerprint density at radius 3 is 2.40 bits per heavy atom. The van der Waals surface area contributed by atoms with E-state index in [9.17, 15) is 4.39 Å². The van der Waals surface area contributed by atoms with Crippen LogP contribution < -0.4 is 10.6 Å². The fraction of sp³-hybridized carbons (Fsp3) is 0.647. The number of nitrogens with two attached hydrogens (primary N) is 1. The topological polar surface area (TPSA) is 29.3 Å². The maximum absolute atomic E-state index is 14.5. The highest BCUT2D eigenvalue weighted by Crippen LogP contribution is 2.31. The van der Waals surface area contributed by atoms with Crippen LogP contribution in [-0.2, 0) is 0 Å². The molecule has 2 rings (SSSR count). The van der Waals surface area contributed by atoms with Crippen molar-refractivity contribution in [3.8, 4) is 0 Å². The zero-order valence-corrected chi connectivity index (χ0v) is 12.9. The second kappa shape index (κ2) is 6.57. The molecule has 0 saturated heterocycles. The average molecular weight is 278 g/mol. The molecule has 1 aliphatic rings. The molecule has 1 aromatic carbocycles. The van der Waals surface area contributed by atoms with Crippen LogP contribution in [0.5, 0.6) is 0 Å². The van der Waals surface area contributed by atoms with Crippen molar-refractivity contribution in [3.63, 3.8) is 0 Å². The van der Waals surface area contributed by atoms with Crippen molar-refractivity contribution >= 4 is 5.69 Å². The van der Waals surface area contributed by atoms with Gasteiger partial charge in [0.05, 0.1) is 5.69 Å². The van der Waals surface area contributed by atoms with Gasteiger partial charge in [0, 0.05) is 18.6 Å². The van der Waals surface area contributed by atoms with Crippen LogP contribution in [-0.4, -0.2) is 12.6 Å². The quantitative estimate of drug-likeness (QED) is 0.872. The summed E-state index contributed by atoms with van der Waals surface area (Å²) in [4.78, 5) is 2.28. The third-order valence-corrected chi connectivity index (χ3v) is 4.13. The molecule has 0 aliphatic heterocycles. The van der Waals surface area contributed by atoms with Gasteiger partial charge < -0.3 is 10.6 Å². The van der Waals surface area contributed by atoms with Crippen LogP contribution >= 0.6 is 0 Å². The van der Waals surface area contributed by atoms with Gasteiger partial charge in [0.25, 0.3) is 0 Å². The molecular weight excluding hydrogens is 251 g/mol. The zero-order valence-electron chi connectivity index (χ0n) is 12.9. The van der Waals surface area contributed by atoms with Crippen molar-refractivity contribution in [2.24, 2.45) is 11.7 Å². The lowest BCUT2D eigenvalue weighted by Crippen LogP contribution is -2.37. The van der Waals surface area contributed by atoms with Crippen LogP contribution in [0, 0.1) is 11.7 Å². The summed E-state index contributed by atoms with van der Waals surface area (Å²) < 4.78 is 14.5. The van der Waals surface area contributed by atoms with Gasteiger partial charge in [-0.15, -0.1) is 0 Å². The van der Waals surface area contributed by atoms with E-state index in [2.05, 4.69) is 18.7 Å². The van der Waals surface area contributed by atoms with Gasteiger partial charge in [0.1, 0.15) is 5.82 Å². The van der Waals surface area contributed by atoms with E-state index in [1.807, 2.05) is 19.1 Å². The van der Waals surface area contributed by atoms with Gasteiger partial charge in [-0.3, -0.25) is 0 Å². The molecule has 0 unspecified atom stereocenters. The Labute approximate surface area is 122 Å². The second-order valence-electron chi connectivity index (χ2n) is 6.48. The molecule has 1 aliphatic carbocycles. The van der Waals surface area contributed by atoms with Crippen molar-refractivity contribution in [2.45, 2.75) is 58.5 Å². The van der Waals surface area contributed by atoms with Crippen molar-refractivity contribution < 1.29 is 4.39 Å². The van der Waals surface area contributed by atoms with Gasteiger partial charge in [0.2, 0.25) is 0 Å². The van der Waals surface area contributed by atoms with E-state index >= 15 is 0 Å². The summed E-state index contributed by atoms with van der Waals surface area (Å²) in [5, 5.41) is 0. The molecular formula is C17H27FN2. The summed E-state index contributed by atoms with van der Waals surface area (Å²) >= 11 is 0. The van der Waals surface area contributed by atoms with Crippen LogP contribution in [0.1, 0.15) is 58.1 Å². The highest BCUT2D eigenvalue weighted by molar-refractivity contribution is 5.50. The number of rotatable bonds is 5. The van der Waals surface area contributed by atoms with Gasteiger partial charge in [0.15, 0.2) is 0 Å². The van der Waals surface area contributed by atoms with Gasteiger partial charge in [-0.05, 0) is 43.4 Å². The van der Waals surface area contributed by atoms with Gasteiger partial charge in [-0.25, -0.2) is 4.39 Å².